The number of aromatic nitrogens is 4. The van der Waals surface area contributed by atoms with E-state index in [1.807, 2.05) is 23.1 Å². The summed E-state index contributed by atoms with van der Waals surface area (Å²) in [6.07, 6.45) is -6.90. The summed E-state index contributed by atoms with van der Waals surface area (Å²) in [5.74, 6) is 0.494. The minimum atomic E-state index is -4.96. The highest BCUT2D eigenvalue weighted by molar-refractivity contribution is 6.31. The lowest BCUT2D eigenvalue weighted by Crippen LogP contribution is -2.29. The molecule has 1 aliphatic heterocycles. The van der Waals surface area contributed by atoms with Crippen LogP contribution in [-0.4, -0.2) is 43.8 Å². The largest absolute Gasteiger partial charge is 0.416 e. The highest BCUT2D eigenvalue weighted by Crippen LogP contribution is 2.37. The van der Waals surface area contributed by atoms with Gasteiger partial charge in [0.15, 0.2) is 11.5 Å². The average Bonchev–Trinajstić information content (AvgIpc) is 3.51. The number of aliphatic imine (C=N–C) groups is 1. The van der Waals surface area contributed by atoms with Gasteiger partial charge in [-0.1, -0.05) is 35.0 Å². The maximum absolute atomic E-state index is 13.4. The van der Waals surface area contributed by atoms with Crippen molar-refractivity contribution in [3.8, 4) is 11.3 Å². The first kappa shape index (κ1) is 26.7. The number of rotatable bonds is 6. The minimum Gasteiger partial charge on any atom is -0.349 e. The van der Waals surface area contributed by atoms with Crippen LogP contribution in [0, 0.1) is 0 Å². The molecular weight excluding hydrogens is 546 g/mol. The maximum atomic E-state index is 13.4. The standard InChI is InChI=1S/C26H19ClF6N6/c27-21-4-2-1-3-18(21)15-38-10-9-35-24(38)22-23(17-5-7-34-8-6-17)39(37-36-22)14-16-11-19(25(28,29)30)13-20(12-16)26(31,32)33/h1-8,11-13H,9-10,14-15H2. The Morgan fingerprint density at radius 1 is 0.846 bits per heavy atom. The molecule has 4 aromatic rings. The zero-order valence-electron chi connectivity index (χ0n) is 20.0. The van der Waals surface area contributed by atoms with Crippen LogP contribution in [0.15, 0.2) is 72.0 Å². The number of hydrogen-bond donors (Lipinski definition) is 0. The Bertz CT molecular complexity index is 1480. The van der Waals surface area contributed by atoms with Gasteiger partial charge in [-0.15, -0.1) is 5.10 Å². The van der Waals surface area contributed by atoms with Gasteiger partial charge in [-0.05, 0) is 47.5 Å². The molecule has 0 N–H and O–H groups in total. The zero-order chi connectivity index (χ0) is 27.8. The molecule has 0 amide bonds. The number of pyridine rings is 1. The Labute approximate surface area is 223 Å². The number of hydrogen-bond acceptors (Lipinski definition) is 5. The van der Waals surface area contributed by atoms with E-state index in [0.717, 1.165) is 5.56 Å². The Kier molecular flexibility index (Phi) is 7.06. The molecule has 0 aliphatic carbocycles. The molecular formula is C26H19ClF6N6. The van der Waals surface area contributed by atoms with E-state index in [0.29, 0.717) is 59.6 Å². The molecule has 0 saturated heterocycles. The first-order chi connectivity index (χ1) is 18.5. The summed E-state index contributed by atoms with van der Waals surface area (Å²) in [6, 6.07) is 12.1. The molecule has 0 spiro atoms. The van der Waals surface area contributed by atoms with E-state index in [9.17, 15) is 26.3 Å². The number of halogens is 7. The smallest absolute Gasteiger partial charge is 0.349 e. The summed E-state index contributed by atoms with van der Waals surface area (Å²) < 4.78 is 81.9. The lowest BCUT2D eigenvalue weighted by molar-refractivity contribution is -0.143. The number of amidine groups is 1. The van der Waals surface area contributed by atoms with E-state index >= 15 is 0 Å². The van der Waals surface area contributed by atoms with Crippen LogP contribution in [0.2, 0.25) is 5.02 Å². The second kappa shape index (κ2) is 10.3. The fraction of sp³-hybridized carbons (Fsp3) is 0.231. The minimum absolute atomic E-state index is 0.0971. The van der Waals surface area contributed by atoms with Crippen LogP contribution in [-0.2, 0) is 25.4 Å². The van der Waals surface area contributed by atoms with Crippen LogP contribution < -0.4 is 0 Å². The Morgan fingerprint density at radius 2 is 1.51 bits per heavy atom. The van der Waals surface area contributed by atoms with Crippen molar-refractivity contribution in [2.24, 2.45) is 4.99 Å². The van der Waals surface area contributed by atoms with Crippen LogP contribution in [0.3, 0.4) is 0 Å². The van der Waals surface area contributed by atoms with Gasteiger partial charge in [-0.2, -0.15) is 26.3 Å². The molecule has 2 aromatic carbocycles. The molecule has 6 nitrogen and oxygen atoms in total. The Hall–Kier alpha value is -3.93. The van der Waals surface area contributed by atoms with Crippen molar-refractivity contribution in [2.45, 2.75) is 25.4 Å². The van der Waals surface area contributed by atoms with E-state index in [4.69, 9.17) is 11.6 Å². The fourth-order valence-electron chi connectivity index (χ4n) is 4.35. The molecule has 0 bridgehead atoms. The summed E-state index contributed by atoms with van der Waals surface area (Å²) >= 11 is 6.34. The molecule has 0 radical (unpaired) electrons. The molecule has 0 unspecified atom stereocenters. The molecule has 0 saturated carbocycles. The number of alkyl halides is 6. The van der Waals surface area contributed by atoms with Gasteiger partial charge in [0, 0.05) is 36.1 Å². The van der Waals surface area contributed by atoms with Gasteiger partial charge in [-0.3, -0.25) is 9.98 Å². The van der Waals surface area contributed by atoms with Crippen molar-refractivity contribution < 1.29 is 26.3 Å². The first-order valence-electron chi connectivity index (χ1n) is 11.7. The first-order valence-corrected chi connectivity index (χ1v) is 12.0. The van der Waals surface area contributed by atoms with Gasteiger partial charge in [0.25, 0.3) is 0 Å². The van der Waals surface area contributed by atoms with Crippen molar-refractivity contribution in [3.63, 3.8) is 0 Å². The van der Waals surface area contributed by atoms with Gasteiger partial charge in [0.2, 0.25) is 0 Å². The van der Waals surface area contributed by atoms with Crippen LogP contribution >= 0.6 is 11.6 Å². The lowest BCUT2D eigenvalue weighted by Gasteiger charge is -2.21. The van der Waals surface area contributed by atoms with Crippen molar-refractivity contribution >= 4 is 17.4 Å². The van der Waals surface area contributed by atoms with Crippen molar-refractivity contribution in [2.75, 3.05) is 13.1 Å². The molecule has 2 aromatic heterocycles. The quantitative estimate of drug-likeness (QED) is 0.256. The van der Waals surface area contributed by atoms with E-state index in [-0.39, 0.29) is 11.6 Å². The maximum Gasteiger partial charge on any atom is 0.416 e. The van der Waals surface area contributed by atoms with Crippen molar-refractivity contribution in [1.82, 2.24) is 24.9 Å². The van der Waals surface area contributed by atoms with Crippen LogP contribution in [0.5, 0.6) is 0 Å². The van der Waals surface area contributed by atoms with E-state index in [2.05, 4.69) is 20.3 Å². The lowest BCUT2D eigenvalue weighted by atomic mass is 10.0. The van der Waals surface area contributed by atoms with Crippen LogP contribution in [0.25, 0.3) is 11.3 Å². The van der Waals surface area contributed by atoms with Crippen molar-refractivity contribution in [3.05, 3.63) is 100.0 Å². The van der Waals surface area contributed by atoms with Gasteiger partial charge in [-0.25, -0.2) is 4.68 Å². The predicted octanol–water partition coefficient (Wildman–Crippen LogP) is 6.34. The van der Waals surface area contributed by atoms with E-state index in [1.165, 1.54) is 17.1 Å². The van der Waals surface area contributed by atoms with Gasteiger partial charge in [0.1, 0.15) is 5.69 Å². The highest BCUT2D eigenvalue weighted by Gasteiger charge is 2.37. The third kappa shape index (κ3) is 5.75. The summed E-state index contributed by atoms with van der Waals surface area (Å²) in [5, 5.41) is 8.97. The van der Waals surface area contributed by atoms with Gasteiger partial charge >= 0.3 is 12.4 Å². The molecule has 0 fully saturated rings. The number of benzene rings is 2. The summed E-state index contributed by atoms with van der Waals surface area (Å²) in [4.78, 5) is 10.5. The molecule has 3 heterocycles. The van der Waals surface area contributed by atoms with Crippen molar-refractivity contribution in [1.29, 1.82) is 0 Å². The summed E-state index contributed by atoms with van der Waals surface area (Å²) in [5.41, 5.74) is -0.879. The second-order valence-corrected chi connectivity index (χ2v) is 9.22. The van der Waals surface area contributed by atoms with Gasteiger partial charge < -0.3 is 4.90 Å². The molecule has 39 heavy (non-hydrogen) atoms. The fourth-order valence-corrected chi connectivity index (χ4v) is 4.54. The third-order valence-electron chi connectivity index (χ3n) is 6.13. The third-order valence-corrected chi connectivity index (χ3v) is 6.50. The van der Waals surface area contributed by atoms with Gasteiger partial charge in [0.05, 0.1) is 24.2 Å². The van der Waals surface area contributed by atoms with Crippen LogP contribution in [0.1, 0.15) is 27.9 Å². The molecule has 13 heteroatoms. The Morgan fingerprint density at radius 3 is 2.15 bits per heavy atom. The van der Waals surface area contributed by atoms with E-state index in [1.54, 1.807) is 18.2 Å². The zero-order valence-corrected chi connectivity index (χ0v) is 20.8. The summed E-state index contributed by atoms with van der Waals surface area (Å²) in [6.45, 7) is 1.05. The summed E-state index contributed by atoms with van der Waals surface area (Å²) in [7, 11) is 0. The molecule has 5 rings (SSSR count). The Balaban J connectivity index is 1.57. The average molecular weight is 565 g/mol. The molecule has 202 valence electrons. The second-order valence-electron chi connectivity index (χ2n) is 8.81. The van der Waals surface area contributed by atoms with Crippen LogP contribution in [0.4, 0.5) is 26.3 Å². The SMILES string of the molecule is FC(F)(F)c1cc(Cn2nnc(C3=NCCN3Cc3ccccc3Cl)c2-c2ccncc2)cc(C(F)(F)F)c1. The molecule has 1 aliphatic rings. The highest BCUT2D eigenvalue weighted by atomic mass is 35.5. The topological polar surface area (TPSA) is 59.2 Å². The predicted molar refractivity (Wildman–Crippen MR) is 132 cm³/mol. The molecule has 0 atom stereocenters. The number of nitrogens with zero attached hydrogens (tertiary/aromatic N) is 6. The normalized spacial score (nSPS) is 14.1. The monoisotopic (exact) mass is 564 g/mol. The van der Waals surface area contributed by atoms with E-state index < -0.39 is 30.0 Å².